The molecule has 0 saturated carbocycles. The van der Waals surface area contributed by atoms with Gasteiger partial charge in [0.25, 0.3) is 5.91 Å². The fourth-order valence-electron chi connectivity index (χ4n) is 4.31. The quantitative estimate of drug-likeness (QED) is 0.426. The predicted molar refractivity (Wildman–Crippen MR) is 122 cm³/mol. The van der Waals surface area contributed by atoms with Crippen molar-refractivity contribution in [1.82, 2.24) is 24.8 Å². The molecule has 5 rings (SSSR count). The highest BCUT2D eigenvalue weighted by Crippen LogP contribution is 2.29. The molecule has 1 amide bonds. The van der Waals surface area contributed by atoms with Gasteiger partial charge in [0.15, 0.2) is 5.89 Å². The van der Waals surface area contributed by atoms with Gasteiger partial charge in [-0.3, -0.25) is 9.48 Å². The van der Waals surface area contributed by atoms with Crippen LogP contribution in [0.2, 0.25) is 5.02 Å². The molecule has 170 valence electrons. The van der Waals surface area contributed by atoms with Crippen LogP contribution in [0.25, 0.3) is 11.3 Å². The molecule has 0 unspecified atom stereocenters. The number of aryl methyl sites for hydroxylation is 2. The Labute approximate surface area is 196 Å². The van der Waals surface area contributed by atoms with Gasteiger partial charge in [0.2, 0.25) is 5.76 Å². The summed E-state index contributed by atoms with van der Waals surface area (Å²) in [6, 6.07) is 9.38. The van der Waals surface area contributed by atoms with E-state index in [2.05, 4.69) is 15.2 Å². The third-order valence-electron chi connectivity index (χ3n) is 5.91. The van der Waals surface area contributed by atoms with Gasteiger partial charge in [-0.1, -0.05) is 28.9 Å². The first-order valence-corrected chi connectivity index (χ1v) is 11.3. The molecule has 0 aliphatic carbocycles. The minimum Gasteiger partial charge on any atom is -0.445 e. The molecule has 8 nitrogen and oxygen atoms in total. The van der Waals surface area contributed by atoms with Crippen LogP contribution in [0.15, 0.2) is 51.7 Å². The Morgan fingerprint density at radius 2 is 2.18 bits per heavy atom. The van der Waals surface area contributed by atoms with E-state index in [0.29, 0.717) is 36.1 Å². The van der Waals surface area contributed by atoms with Crippen LogP contribution in [0.4, 0.5) is 0 Å². The first-order chi connectivity index (χ1) is 16.0. The summed E-state index contributed by atoms with van der Waals surface area (Å²) in [6.45, 7) is 3.09. The molecule has 9 heteroatoms. The zero-order valence-corrected chi connectivity index (χ0v) is 19.2. The van der Waals surface area contributed by atoms with Crippen molar-refractivity contribution in [2.75, 3.05) is 13.1 Å². The molecule has 0 radical (unpaired) electrons. The van der Waals surface area contributed by atoms with Gasteiger partial charge in [-0.25, -0.2) is 4.98 Å². The van der Waals surface area contributed by atoms with Gasteiger partial charge in [0.05, 0.1) is 17.8 Å². The Morgan fingerprint density at radius 1 is 1.30 bits per heavy atom. The highest BCUT2D eigenvalue weighted by atomic mass is 35.5. The maximum absolute atomic E-state index is 13.1. The van der Waals surface area contributed by atoms with E-state index in [-0.39, 0.29) is 17.6 Å². The number of hydrogen-bond donors (Lipinski definition) is 0. The van der Waals surface area contributed by atoms with Gasteiger partial charge >= 0.3 is 0 Å². The van der Waals surface area contributed by atoms with Crippen molar-refractivity contribution in [3.8, 4) is 11.3 Å². The molecule has 3 aromatic heterocycles. The van der Waals surface area contributed by atoms with Crippen molar-refractivity contribution in [2.24, 2.45) is 7.05 Å². The fourth-order valence-corrected chi connectivity index (χ4v) is 4.53. The number of hydrogen-bond acceptors (Lipinski definition) is 6. The van der Waals surface area contributed by atoms with Gasteiger partial charge in [-0.15, -0.1) is 0 Å². The normalized spacial score (nSPS) is 16.3. The third-order valence-corrected chi connectivity index (χ3v) is 6.14. The van der Waals surface area contributed by atoms with Crippen LogP contribution in [-0.4, -0.2) is 43.8 Å². The molecule has 4 aromatic rings. The van der Waals surface area contributed by atoms with Crippen LogP contribution < -0.4 is 0 Å². The number of oxazole rings is 1. The summed E-state index contributed by atoms with van der Waals surface area (Å²) in [4.78, 5) is 19.4. The summed E-state index contributed by atoms with van der Waals surface area (Å²) >= 11 is 6.08. The van der Waals surface area contributed by atoms with E-state index in [4.69, 9.17) is 20.5 Å². The lowest BCUT2D eigenvalue weighted by Crippen LogP contribution is -2.39. The molecular weight excluding hydrogens is 442 g/mol. The lowest BCUT2D eigenvalue weighted by Gasteiger charge is -2.30. The first-order valence-electron chi connectivity index (χ1n) is 10.9. The highest BCUT2D eigenvalue weighted by Gasteiger charge is 2.30. The summed E-state index contributed by atoms with van der Waals surface area (Å²) in [5.74, 6) is 1.53. The van der Waals surface area contributed by atoms with Crippen molar-refractivity contribution in [3.05, 3.63) is 76.4 Å². The minimum absolute atomic E-state index is 0.0405. The van der Waals surface area contributed by atoms with Crippen LogP contribution in [-0.2, 0) is 13.5 Å². The smallest absolute Gasteiger partial charge is 0.292 e. The monoisotopic (exact) mass is 465 g/mol. The molecule has 1 fully saturated rings. The predicted octanol–water partition coefficient (Wildman–Crippen LogP) is 4.64. The van der Waals surface area contributed by atoms with Crippen LogP contribution in [0.3, 0.4) is 0 Å². The largest absolute Gasteiger partial charge is 0.445 e. The average molecular weight is 466 g/mol. The van der Waals surface area contributed by atoms with Gasteiger partial charge in [-0.2, -0.15) is 5.10 Å². The molecule has 1 aliphatic heterocycles. The number of halogens is 1. The minimum atomic E-state index is -0.175. The molecule has 0 spiro atoms. The zero-order chi connectivity index (χ0) is 22.9. The molecule has 4 heterocycles. The fraction of sp³-hybridized carbons (Fsp3) is 0.333. The summed E-state index contributed by atoms with van der Waals surface area (Å²) in [6.07, 6.45) is 6.03. The van der Waals surface area contributed by atoms with Crippen molar-refractivity contribution in [2.45, 2.75) is 32.1 Å². The number of nitrogens with zero attached hydrogens (tertiary/aromatic N) is 5. The summed E-state index contributed by atoms with van der Waals surface area (Å²) < 4.78 is 13.1. The van der Waals surface area contributed by atoms with Crippen molar-refractivity contribution in [1.29, 1.82) is 0 Å². The van der Waals surface area contributed by atoms with E-state index in [1.54, 1.807) is 21.8 Å². The number of carbonyl (C=O) groups excluding carboxylic acids is 1. The van der Waals surface area contributed by atoms with Crippen molar-refractivity contribution in [3.63, 3.8) is 0 Å². The van der Waals surface area contributed by atoms with Crippen molar-refractivity contribution >= 4 is 17.5 Å². The lowest BCUT2D eigenvalue weighted by molar-refractivity contribution is 0.0656. The van der Waals surface area contributed by atoms with E-state index in [1.165, 1.54) is 0 Å². The second-order valence-electron chi connectivity index (χ2n) is 8.44. The van der Waals surface area contributed by atoms with Gasteiger partial charge in [0.1, 0.15) is 11.5 Å². The van der Waals surface area contributed by atoms with Crippen LogP contribution in [0.1, 0.15) is 52.2 Å². The second-order valence-corrected chi connectivity index (χ2v) is 8.88. The zero-order valence-electron chi connectivity index (χ0n) is 18.5. The molecule has 1 atom stereocenters. The Balaban J connectivity index is 1.27. The number of likely N-dealkylation sites (tertiary alicyclic amines) is 1. The number of amides is 1. The van der Waals surface area contributed by atoms with Gasteiger partial charge in [-0.05, 0) is 37.5 Å². The van der Waals surface area contributed by atoms with Crippen LogP contribution in [0.5, 0.6) is 0 Å². The maximum atomic E-state index is 13.1. The van der Waals surface area contributed by atoms with E-state index in [9.17, 15) is 4.79 Å². The molecule has 33 heavy (non-hydrogen) atoms. The summed E-state index contributed by atoms with van der Waals surface area (Å²) in [5.41, 5.74) is 3.36. The number of carbonyl (C=O) groups is 1. The molecule has 1 aliphatic rings. The van der Waals surface area contributed by atoms with Crippen LogP contribution >= 0.6 is 11.6 Å². The van der Waals surface area contributed by atoms with Gasteiger partial charge < -0.3 is 13.8 Å². The Bertz CT molecular complexity index is 1290. The van der Waals surface area contributed by atoms with Crippen LogP contribution in [0, 0.1) is 6.92 Å². The van der Waals surface area contributed by atoms with E-state index in [1.807, 2.05) is 44.4 Å². The van der Waals surface area contributed by atoms with E-state index >= 15 is 0 Å². The molecule has 0 N–H and O–H groups in total. The molecular formula is C24H24ClN5O3. The number of rotatable bonds is 5. The molecule has 1 aromatic carbocycles. The topological polar surface area (TPSA) is 90.2 Å². The van der Waals surface area contributed by atoms with E-state index < -0.39 is 0 Å². The van der Waals surface area contributed by atoms with Crippen molar-refractivity contribution < 1.29 is 13.7 Å². The first kappa shape index (κ1) is 21.5. The standard InChI is InChI=1S/C24H24ClN5O3/c1-15-20(14-29(2)27-15)21-11-22(33-28-21)24(31)30-8-4-6-17(13-30)23-26-12-19(32-23)10-16-5-3-7-18(25)9-16/h3,5,7,9,11-12,14,17H,4,6,8,10,13H2,1-2H3/t17-/m0/s1. The lowest BCUT2D eigenvalue weighted by atomic mass is 9.98. The molecule has 1 saturated heterocycles. The summed E-state index contributed by atoms with van der Waals surface area (Å²) in [7, 11) is 1.85. The maximum Gasteiger partial charge on any atom is 0.292 e. The SMILES string of the molecule is Cc1nn(C)cc1-c1cc(C(=O)N2CCC[C@H](c3ncc(Cc4cccc(Cl)c4)o3)C2)on1. The number of aromatic nitrogens is 4. The summed E-state index contributed by atoms with van der Waals surface area (Å²) in [5, 5.41) is 9.11. The second kappa shape index (κ2) is 8.86. The third kappa shape index (κ3) is 4.57. The van der Waals surface area contributed by atoms with E-state index in [0.717, 1.165) is 35.4 Å². The Hall–Kier alpha value is -3.39. The Kier molecular flexibility index (Phi) is 5.76. The highest BCUT2D eigenvalue weighted by molar-refractivity contribution is 6.30. The number of piperidine rings is 1. The number of benzene rings is 1. The van der Waals surface area contributed by atoms with Gasteiger partial charge in [0, 0.05) is 49.4 Å². The molecule has 0 bridgehead atoms. The Morgan fingerprint density at radius 3 is 2.97 bits per heavy atom. The average Bonchev–Trinajstić information content (AvgIpc) is 3.53.